The lowest BCUT2D eigenvalue weighted by atomic mass is 9.97. The molecule has 146 valence electrons. The topological polar surface area (TPSA) is 20.2 Å². The first kappa shape index (κ1) is 20.5. The second kappa shape index (κ2) is 10.9. The summed E-state index contributed by atoms with van der Waals surface area (Å²) in [6.07, 6.45) is 14.4. The predicted molar refractivity (Wildman–Crippen MR) is 117 cm³/mol. The maximum atomic E-state index is 10.8. The predicted octanol–water partition coefficient (Wildman–Crippen LogP) is 7.70. The Balaban J connectivity index is 1.40. The average molecular weight is 383 g/mol. The van der Waals surface area contributed by atoms with E-state index in [1.807, 2.05) is 18.2 Å². The molecule has 0 bridgehead atoms. The van der Waals surface area contributed by atoms with Crippen molar-refractivity contribution in [1.82, 2.24) is 0 Å². The molecule has 2 heteroatoms. The molecule has 3 rings (SSSR count). The van der Waals surface area contributed by atoms with Gasteiger partial charge in [0.05, 0.1) is 0 Å². The van der Waals surface area contributed by atoms with Crippen LogP contribution in [0.1, 0.15) is 93.9 Å². The highest BCUT2D eigenvalue weighted by Crippen LogP contribution is 2.44. The maximum absolute atomic E-state index is 10.8. The Morgan fingerprint density at radius 2 is 1.37 bits per heavy atom. The second-order valence-electron chi connectivity index (χ2n) is 7.85. The molecule has 1 aliphatic rings. The van der Waals surface area contributed by atoms with E-state index in [-0.39, 0.29) is 0 Å². The van der Waals surface area contributed by atoms with Crippen molar-refractivity contribution in [3.63, 3.8) is 0 Å². The fourth-order valence-electron chi connectivity index (χ4n) is 3.96. The number of fused-ring (bicyclic) bond motifs is 2. The molecule has 0 saturated heterocycles. The van der Waals surface area contributed by atoms with Crippen molar-refractivity contribution in [2.75, 3.05) is 0 Å². The highest BCUT2D eigenvalue weighted by Gasteiger charge is 2.24. The van der Waals surface area contributed by atoms with Gasteiger partial charge in [0, 0.05) is 9.79 Å². The largest absolute Gasteiger partial charge is 0.384 e. The van der Waals surface area contributed by atoms with E-state index in [0.29, 0.717) is 0 Å². The lowest BCUT2D eigenvalue weighted by Gasteiger charge is -2.24. The number of unbranched alkanes of at least 4 members (excludes halogenated alkanes) is 9. The molecule has 1 nitrogen and oxygen atoms in total. The molecule has 27 heavy (non-hydrogen) atoms. The Morgan fingerprint density at radius 3 is 2.11 bits per heavy atom. The van der Waals surface area contributed by atoms with Crippen LogP contribution in [0.5, 0.6) is 0 Å². The number of hydrogen-bond donors (Lipinski definition) is 1. The summed E-state index contributed by atoms with van der Waals surface area (Å²) in [6, 6.07) is 14.9. The van der Waals surface area contributed by atoms with Gasteiger partial charge < -0.3 is 5.11 Å². The number of aliphatic hydroxyl groups is 1. The first-order valence-electron chi connectivity index (χ1n) is 10.9. The van der Waals surface area contributed by atoms with Crippen LogP contribution in [0.4, 0.5) is 0 Å². The lowest BCUT2D eigenvalue weighted by Crippen LogP contribution is -2.08. The lowest BCUT2D eigenvalue weighted by molar-refractivity contribution is 0.213. The average Bonchev–Trinajstić information content (AvgIpc) is 2.70. The van der Waals surface area contributed by atoms with E-state index in [2.05, 4.69) is 31.2 Å². The standard InChI is InChI=1S/C25H34OS/c1-2-3-4-5-6-7-8-9-10-11-14-20-17-18-24-22(19-20)25(26)21-15-12-13-16-23(21)27-24/h12-13,15-19,25-26H,2-11,14H2,1H3. The third kappa shape index (κ3) is 5.86. The van der Waals surface area contributed by atoms with E-state index in [1.54, 1.807) is 11.8 Å². The van der Waals surface area contributed by atoms with Crippen LogP contribution in [0.25, 0.3) is 0 Å². The molecule has 0 aliphatic carbocycles. The Labute approximate surface area is 169 Å². The van der Waals surface area contributed by atoms with Crippen LogP contribution < -0.4 is 0 Å². The highest BCUT2D eigenvalue weighted by atomic mass is 32.2. The molecule has 0 aromatic heterocycles. The summed E-state index contributed by atoms with van der Waals surface area (Å²) in [6.45, 7) is 2.28. The van der Waals surface area contributed by atoms with Gasteiger partial charge >= 0.3 is 0 Å². The van der Waals surface area contributed by atoms with Crippen molar-refractivity contribution in [2.45, 2.75) is 93.4 Å². The van der Waals surface area contributed by atoms with Crippen molar-refractivity contribution < 1.29 is 5.11 Å². The third-order valence-corrected chi connectivity index (χ3v) is 6.80. The quantitative estimate of drug-likeness (QED) is 0.402. The van der Waals surface area contributed by atoms with Gasteiger partial charge in [-0.2, -0.15) is 0 Å². The summed E-state index contributed by atoms with van der Waals surface area (Å²) >= 11 is 1.78. The van der Waals surface area contributed by atoms with Crippen LogP contribution in [0.2, 0.25) is 0 Å². The maximum Gasteiger partial charge on any atom is 0.106 e. The van der Waals surface area contributed by atoms with Gasteiger partial charge in [0.15, 0.2) is 0 Å². The van der Waals surface area contributed by atoms with E-state index in [1.165, 1.54) is 79.6 Å². The fourth-order valence-corrected chi connectivity index (χ4v) is 5.07. The zero-order valence-corrected chi connectivity index (χ0v) is 17.6. The van der Waals surface area contributed by atoms with Gasteiger partial charge in [0.1, 0.15) is 6.10 Å². The second-order valence-corrected chi connectivity index (χ2v) is 8.93. The Bertz CT molecular complexity index is 709. The summed E-state index contributed by atoms with van der Waals surface area (Å²) < 4.78 is 0. The van der Waals surface area contributed by atoms with Crippen molar-refractivity contribution in [3.8, 4) is 0 Å². The number of hydrogen-bond acceptors (Lipinski definition) is 2. The number of benzene rings is 2. The number of aliphatic hydroxyl groups excluding tert-OH is 1. The summed E-state index contributed by atoms with van der Waals surface area (Å²) in [5.74, 6) is 0. The van der Waals surface area contributed by atoms with Crippen LogP contribution >= 0.6 is 11.8 Å². The van der Waals surface area contributed by atoms with Crippen molar-refractivity contribution in [1.29, 1.82) is 0 Å². The van der Waals surface area contributed by atoms with Gasteiger partial charge in [0.2, 0.25) is 0 Å². The van der Waals surface area contributed by atoms with E-state index < -0.39 is 6.10 Å². The monoisotopic (exact) mass is 382 g/mol. The van der Waals surface area contributed by atoms with Crippen LogP contribution in [-0.2, 0) is 6.42 Å². The zero-order chi connectivity index (χ0) is 18.9. The molecule has 0 saturated carbocycles. The van der Waals surface area contributed by atoms with E-state index in [9.17, 15) is 5.11 Å². The van der Waals surface area contributed by atoms with Gasteiger partial charge in [-0.25, -0.2) is 0 Å². The highest BCUT2D eigenvalue weighted by molar-refractivity contribution is 7.99. The Hall–Kier alpha value is -1.25. The molecule has 1 N–H and O–H groups in total. The zero-order valence-electron chi connectivity index (χ0n) is 16.8. The molecule has 1 atom stereocenters. The molecule has 1 heterocycles. The molecule has 2 aromatic carbocycles. The minimum absolute atomic E-state index is 0.481. The minimum atomic E-state index is -0.481. The molecule has 0 fully saturated rings. The molecule has 2 aromatic rings. The van der Waals surface area contributed by atoms with Crippen LogP contribution in [0, 0.1) is 0 Å². The molecule has 1 aliphatic heterocycles. The molecular formula is C25H34OS. The number of rotatable bonds is 11. The molecule has 0 radical (unpaired) electrons. The SMILES string of the molecule is CCCCCCCCCCCCc1ccc2c(c1)C(O)c1ccccc1S2. The number of aryl methyl sites for hydroxylation is 1. The van der Waals surface area contributed by atoms with Crippen LogP contribution in [-0.4, -0.2) is 5.11 Å². The van der Waals surface area contributed by atoms with Gasteiger partial charge in [-0.15, -0.1) is 0 Å². The van der Waals surface area contributed by atoms with E-state index >= 15 is 0 Å². The van der Waals surface area contributed by atoms with Crippen molar-refractivity contribution in [3.05, 3.63) is 59.2 Å². The summed E-state index contributed by atoms with van der Waals surface area (Å²) in [7, 11) is 0. The summed E-state index contributed by atoms with van der Waals surface area (Å²) in [5.41, 5.74) is 3.50. The first-order chi connectivity index (χ1) is 13.3. The van der Waals surface area contributed by atoms with Gasteiger partial charge in [-0.1, -0.05) is 107 Å². The molecule has 0 spiro atoms. The fraction of sp³-hybridized carbons (Fsp3) is 0.520. The van der Waals surface area contributed by atoms with Crippen molar-refractivity contribution in [2.24, 2.45) is 0 Å². The van der Waals surface area contributed by atoms with Crippen LogP contribution in [0.3, 0.4) is 0 Å². The Morgan fingerprint density at radius 1 is 0.741 bits per heavy atom. The summed E-state index contributed by atoms with van der Waals surface area (Å²) in [4.78, 5) is 2.38. The smallest absolute Gasteiger partial charge is 0.106 e. The van der Waals surface area contributed by atoms with Crippen molar-refractivity contribution >= 4 is 11.8 Å². The molecule has 0 amide bonds. The molecular weight excluding hydrogens is 348 g/mol. The van der Waals surface area contributed by atoms with E-state index in [0.717, 1.165) is 17.5 Å². The summed E-state index contributed by atoms with van der Waals surface area (Å²) in [5, 5.41) is 10.8. The van der Waals surface area contributed by atoms with Crippen LogP contribution in [0.15, 0.2) is 52.3 Å². The third-order valence-electron chi connectivity index (χ3n) is 5.62. The van der Waals surface area contributed by atoms with Gasteiger partial charge in [-0.3, -0.25) is 0 Å². The minimum Gasteiger partial charge on any atom is -0.384 e. The first-order valence-corrected chi connectivity index (χ1v) is 11.7. The van der Waals surface area contributed by atoms with Gasteiger partial charge in [0.25, 0.3) is 0 Å². The Kier molecular flexibility index (Phi) is 8.29. The van der Waals surface area contributed by atoms with Gasteiger partial charge in [-0.05, 0) is 41.7 Å². The van der Waals surface area contributed by atoms with E-state index in [4.69, 9.17) is 0 Å². The molecule has 1 unspecified atom stereocenters. The normalized spacial score (nSPS) is 15.4.